The van der Waals surface area contributed by atoms with Crippen LogP contribution in [0.15, 0.2) is 29.2 Å². The molecule has 1 aliphatic rings. The maximum absolute atomic E-state index is 12.4. The minimum absolute atomic E-state index is 0.0575. The van der Waals surface area contributed by atoms with E-state index in [9.17, 15) is 9.59 Å². The molecule has 1 aromatic carbocycles. The molecule has 5 nitrogen and oxygen atoms in total. The fourth-order valence-corrected chi connectivity index (χ4v) is 5.49. The second-order valence-corrected chi connectivity index (χ2v) is 9.28. The van der Waals surface area contributed by atoms with Gasteiger partial charge in [-0.15, -0.1) is 23.1 Å². The number of hydrogen-bond donors (Lipinski definition) is 2. The number of amides is 2. The molecule has 0 saturated heterocycles. The smallest absolute Gasteiger partial charge is 0.251 e. The van der Waals surface area contributed by atoms with E-state index in [0.717, 1.165) is 48.7 Å². The lowest BCUT2D eigenvalue weighted by molar-refractivity contribution is -0.116. The molecule has 0 atom stereocenters. The highest BCUT2D eigenvalue weighted by atomic mass is 32.2. The molecule has 28 heavy (non-hydrogen) atoms. The molecule has 0 radical (unpaired) electrons. The Bertz CT molecular complexity index is 846. The monoisotopic (exact) mass is 417 g/mol. The zero-order chi connectivity index (χ0) is 20.1. The second-order valence-electron chi connectivity index (χ2n) is 7.00. The van der Waals surface area contributed by atoms with Crippen LogP contribution in [0.25, 0.3) is 0 Å². The van der Waals surface area contributed by atoms with Gasteiger partial charge < -0.3 is 11.1 Å². The first-order valence-corrected chi connectivity index (χ1v) is 11.4. The highest BCUT2D eigenvalue weighted by molar-refractivity contribution is 7.99. The third-order valence-electron chi connectivity index (χ3n) is 4.92. The van der Waals surface area contributed by atoms with Gasteiger partial charge in [0.2, 0.25) is 5.91 Å². The number of likely N-dealkylation sites (N-methyl/N-ethyl adjacent to an activating group) is 1. The number of thiophene rings is 1. The van der Waals surface area contributed by atoms with Crippen molar-refractivity contribution in [3.8, 4) is 0 Å². The summed E-state index contributed by atoms with van der Waals surface area (Å²) in [6, 6.07) is 8.40. The number of aryl methyl sites for hydroxylation is 1. The maximum atomic E-state index is 12.4. The van der Waals surface area contributed by atoms with Crippen LogP contribution in [0.4, 0.5) is 5.00 Å². The maximum Gasteiger partial charge on any atom is 0.251 e. The van der Waals surface area contributed by atoms with Crippen LogP contribution in [0.1, 0.15) is 46.1 Å². The number of benzene rings is 1. The first kappa shape index (κ1) is 20.9. The van der Waals surface area contributed by atoms with Crippen LogP contribution in [0, 0.1) is 6.92 Å². The van der Waals surface area contributed by atoms with Gasteiger partial charge in [0.1, 0.15) is 5.00 Å². The van der Waals surface area contributed by atoms with Gasteiger partial charge in [-0.1, -0.05) is 24.6 Å². The van der Waals surface area contributed by atoms with Gasteiger partial charge in [-0.3, -0.25) is 14.5 Å². The number of hydrogen-bond acceptors (Lipinski definition) is 5. The number of carbonyl (C=O) groups excluding carboxylic acids is 2. The van der Waals surface area contributed by atoms with E-state index in [1.807, 2.05) is 0 Å². The Balaban J connectivity index is 1.55. The molecule has 1 aromatic heterocycles. The van der Waals surface area contributed by atoms with Gasteiger partial charge in [-0.2, -0.15) is 0 Å². The average Bonchev–Trinajstić information content (AvgIpc) is 3.03. The lowest BCUT2D eigenvalue weighted by Gasteiger charge is -2.25. The number of rotatable bonds is 8. The third kappa shape index (κ3) is 5.16. The van der Waals surface area contributed by atoms with E-state index >= 15 is 0 Å². The summed E-state index contributed by atoms with van der Waals surface area (Å²) in [5, 5.41) is 3.56. The molecule has 150 valence electrons. The molecule has 3 N–H and O–H groups in total. The molecule has 1 aliphatic heterocycles. The molecule has 0 spiro atoms. The molecule has 2 amide bonds. The van der Waals surface area contributed by atoms with Gasteiger partial charge in [0, 0.05) is 29.3 Å². The van der Waals surface area contributed by atoms with E-state index in [1.165, 1.54) is 21.8 Å². The molecule has 0 bridgehead atoms. The Morgan fingerprint density at radius 3 is 2.71 bits per heavy atom. The number of carbonyl (C=O) groups is 2. The summed E-state index contributed by atoms with van der Waals surface area (Å²) in [6.45, 7) is 6.92. The number of nitrogens with zero attached hydrogens (tertiary/aromatic N) is 1. The van der Waals surface area contributed by atoms with Crippen LogP contribution < -0.4 is 11.1 Å². The molecule has 7 heteroatoms. The van der Waals surface area contributed by atoms with Crippen LogP contribution in [0.3, 0.4) is 0 Å². The van der Waals surface area contributed by atoms with Crippen molar-refractivity contribution < 1.29 is 9.59 Å². The van der Waals surface area contributed by atoms with Gasteiger partial charge >= 0.3 is 0 Å². The van der Waals surface area contributed by atoms with Gasteiger partial charge in [0.05, 0.1) is 5.56 Å². The fourth-order valence-electron chi connectivity index (χ4n) is 3.32. The van der Waals surface area contributed by atoms with Crippen molar-refractivity contribution in [1.82, 2.24) is 4.90 Å². The minimum Gasteiger partial charge on any atom is -0.365 e. The second kappa shape index (κ2) is 9.58. The van der Waals surface area contributed by atoms with Crippen molar-refractivity contribution in [2.75, 3.05) is 24.2 Å². The Morgan fingerprint density at radius 2 is 2.04 bits per heavy atom. The zero-order valence-corrected chi connectivity index (χ0v) is 18.0. The topological polar surface area (TPSA) is 75.4 Å². The molecular weight excluding hydrogens is 390 g/mol. The van der Waals surface area contributed by atoms with E-state index < -0.39 is 5.91 Å². The van der Waals surface area contributed by atoms with E-state index in [4.69, 9.17) is 5.73 Å². The van der Waals surface area contributed by atoms with Crippen molar-refractivity contribution in [3.63, 3.8) is 0 Å². The number of anilines is 1. The highest BCUT2D eigenvalue weighted by Gasteiger charge is 2.27. The number of thioether (sulfide) groups is 1. The Labute approximate surface area is 174 Å². The molecule has 0 saturated carbocycles. The van der Waals surface area contributed by atoms with Crippen LogP contribution in [-0.2, 0) is 17.8 Å². The Hall–Kier alpha value is -1.83. The van der Waals surface area contributed by atoms with Gasteiger partial charge in [0.15, 0.2) is 0 Å². The molecule has 0 fully saturated rings. The summed E-state index contributed by atoms with van der Waals surface area (Å²) in [7, 11) is 0. The number of fused-ring (bicyclic) bond motifs is 1. The average molecular weight is 418 g/mol. The third-order valence-corrected chi connectivity index (χ3v) is 7.15. The van der Waals surface area contributed by atoms with Crippen LogP contribution in [0.2, 0.25) is 0 Å². The lowest BCUT2D eigenvalue weighted by atomic mass is 10.0. The number of nitrogens with two attached hydrogens (primary N) is 1. The summed E-state index contributed by atoms with van der Waals surface area (Å²) in [5.74, 6) is 0.372. The fraction of sp³-hybridized carbons (Fsp3) is 0.429. The van der Waals surface area contributed by atoms with Crippen LogP contribution in [0.5, 0.6) is 0 Å². The van der Waals surface area contributed by atoms with Crippen molar-refractivity contribution in [1.29, 1.82) is 0 Å². The lowest BCUT2D eigenvalue weighted by Crippen LogP contribution is -2.30. The van der Waals surface area contributed by atoms with Crippen molar-refractivity contribution in [2.45, 2.75) is 44.6 Å². The van der Waals surface area contributed by atoms with Crippen LogP contribution >= 0.6 is 23.1 Å². The summed E-state index contributed by atoms with van der Waals surface area (Å²) in [4.78, 5) is 29.1. The van der Waals surface area contributed by atoms with Crippen LogP contribution in [-0.4, -0.2) is 35.6 Å². The Morgan fingerprint density at radius 1 is 1.29 bits per heavy atom. The Kier molecular flexibility index (Phi) is 7.15. The van der Waals surface area contributed by atoms with Gasteiger partial charge in [0.25, 0.3) is 5.91 Å². The SMILES string of the molecule is CCN1CCc2c(sc(NC(=O)CCCSc3ccc(C)cc3)c2C(N)=O)C1. The summed E-state index contributed by atoms with van der Waals surface area (Å²) < 4.78 is 0. The highest BCUT2D eigenvalue weighted by Crippen LogP contribution is 2.37. The predicted molar refractivity (Wildman–Crippen MR) is 117 cm³/mol. The summed E-state index contributed by atoms with van der Waals surface area (Å²) in [5.41, 5.74) is 8.40. The first-order chi connectivity index (χ1) is 13.5. The van der Waals surface area contributed by atoms with E-state index in [-0.39, 0.29) is 5.91 Å². The van der Waals surface area contributed by atoms with Crippen molar-refractivity contribution in [2.24, 2.45) is 5.73 Å². The number of primary amides is 1. The molecule has 2 heterocycles. The van der Waals surface area contributed by atoms with E-state index in [2.05, 4.69) is 48.3 Å². The van der Waals surface area contributed by atoms with E-state index in [0.29, 0.717) is 17.0 Å². The van der Waals surface area contributed by atoms with Gasteiger partial charge in [-0.05, 0) is 49.8 Å². The summed E-state index contributed by atoms with van der Waals surface area (Å²) >= 11 is 3.25. The molecule has 3 rings (SSSR count). The molecule has 2 aromatic rings. The summed E-state index contributed by atoms with van der Waals surface area (Å²) in [6.07, 6.45) is 2.02. The van der Waals surface area contributed by atoms with Crippen molar-refractivity contribution in [3.05, 3.63) is 45.8 Å². The first-order valence-electron chi connectivity index (χ1n) is 9.64. The molecular formula is C21H27N3O2S2. The normalized spacial score (nSPS) is 13.9. The predicted octanol–water partition coefficient (Wildman–Crippen LogP) is 4.04. The minimum atomic E-state index is -0.451. The molecule has 0 aliphatic carbocycles. The zero-order valence-electron chi connectivity index (χ0n) is 16.4. The van der Waals surface area contributed by atoms with E-state index in [1.54, 1.807) is 11.8 Å². The molecule has 0 unspecified atom stereocenters. The number of nitrogens with one attached hydrogen (secondary N) is 1. The largest absolute Gasteiger partial charge is 0.365 e. The van der Waals surface area contributed by atoms with Crippen molar-refractivity contribution >= 4 is 39.9 Å². The standard InChI is InChI=1S/C21H27N3O2S2/c1-3-24-11-10-16-17(13-24)28-21(19(16)20(22)26)23-18(25)5-4-12-27-15-8-6-14(2)7-9-15/h6-9H,3-5,10-13H2,1-2H3,(H2,22,26)(H,23,25). The quantitative estimate of drug-likeness (QED) is 0.502. The van der Waals surface area contributed by atoms with Gasteiger partial charge in [-0.25, -0.2) is 0 Å².